The molecule has 3 aromatic carbocycles. The lowest BCUT2D eigenvalue weighted by Crippen LogP contribution is -2.44. The van der Waals surface area contributed by atoms with E-state index in [1.54, 1.807) is 24.3 Å². The van der Waals surface area contributed by atoms with Gasteiger partial charge in [0.1, 0.15) is 11.9 Å². The highest BCUT2D eigenvalue weighted by Gasteiger charge is 2.64. The van der Waals surface area contributed by atoms with Crippen LogP contribution in [0.3, 0.4) is 0 Å². The van der Waals surface area contributed by atoms with Crippen molar-refractivity contribution in [3.8, 4) is 0 Å². The average Bonchev–Trinajstić information content (AvgIpc) is 3.33. The maximum Gasteiger partial charge on any atom is 0.240 e. The van der Waals surface area contributed by atoms with Crippen LogP contribution in [0.5, 0.6) is 0 Å². The van der Waals surface area contributed by atoms with Crippen molar-refractivity contribution in [2.75, 3.05) is 4.90 Å². The number of Topliss-reactive ketones (excluding diaryl/α,β-unsaturated/α-hetero) is 1. The number of anilines is 1. The molecule has 0 unspecified atom stereocenters. The molecule has 6 rings (SSSR count). The van der Waals surface area contributed by atoms with E-state index in [9.17, 15) is 18.8 Å². The summed E-state index contributed by atoms with van der Waals surface area (Å²) >= 11 is 5.95. The molecule has 7 heteroatoms. The minimum absolute atomic E-state index is 0.181. The van der Waals surface area contributed by atoms with E-state index in [1.165, 1.54) is 12.1 Å². The van der Waals surface area contributed by atoms with Crippen LogP contribution in [0.2, 0.25) is 5.02 Å². The van der Waals surface area contributed by atoms with Gasteiger partial charge in [0.25, 0.3) is 0 Å². The van der Waals surface area contributed by atoms with E-state index in [0.717, 1.165) is 22.1 Å². The Balaban J connectivity index is 1.50. The summed E-state index contributed by atoms with van der Waals surface area (Å²) in [6.45, 7) is 0. The number of amides is 2. The number of hydrogen-bond donors (Lipinski definition) is 0. The molecule has 4 atom stereocenters. The van der Waals surface area contributed by atoms with Crippen molar-refractivity contribution in [2.45, 2.75) is 12.1 Å². The Morgan fingerprint density at radius 2 is 1.59 bits per heavy atom. The molecule has 0 radical (unpaired) electrons. The van der Waals surface area contributed by atoms with Crippen LogP contribution in [0.15, 0.2) is 79.0 Å². The average molecular weight is 473 g/mol. The van der Waals surface area contributed by atoms with Crippen molar-refractivity contribution in [2.24, 2.45) is 11.8 Å². The second kappa shape index (κ2) is 7.64. The first-order valence-electron chi connectivity index (χ1n) is 10.9. The summed E-state index contributed by atoms with van der Waals surface area (Å²) in [4.78, 5) is 44.2. The molecular weight excluding hydrogens is 455 g/mol. The van der Waals surface area contributed by atoms with Crippen LogP contribution < -0.4 is 4.90 Å². The fraction of sp³-hybridized carbons (Fsp3) is 0.148. The molecule has 168 valence electrons. The molecule has 2 saturated heterocycles. The topological polar surface area (TPSA) is 57.7 Å². The second-order valence-corrected chi connectivity index (χ2v) is 9.08. The van der Waals surface area contributed by atoms with Crippen LogP contribution in [-0.4, -0.2) is 28.5 Å². The van der Waals surface area contributed by atoms with Gasteiger partial charge in [0.05, 0.1) is 28.6 Å². The van der Waals surface area contributed by atoms with Gasteiger partial charge in [0, 0.05) is 11.8 Å². The molecule has 3 aromatic rings. The summed E-state index contributed by atoms with van der Waals surface area (Å²) < 4.78 is 13.8. The summed E-state index contributed by atoms with van der Waals surface area (Å²) in [5.74, 6) is -3.40. The van der Waals surface area contributed by atoms with Gasteiger partial charge in [-0.1, -0.05) is 66.2 Å². The van der Waals surface area contributed by atoms with Crippen LogP contribution in [0, 0.1) is 17.7 Å². The van der Waals surface area contributed by atoms with E-state index in [0.29, 0.717) is 5.56 Å². The molecule has 0 bridgehead atoms. The molecular formula is C27H18ClFN2O3. The Bertz CT molecular complexity index is 1390. The zero-order chi connectivity index (χ0) is 23.6. The number of rotatable bonds is 3. The molecule has 0 aromatic heterocycles. The molecule has 3 heterocycles. The van der Waals surface area contributed by atoms with Gasteiger partial charge in [-0.2, -0.15) is 0 Å². The third-order valence-corrected chi connectivity index (χ3v) is 7.24. The first-order valence-corrected chi connectivity index (χ1v) is 11.3. The third-order valence-electron chi connectivity index (χ3n) is 6.95. The number of hydrogen-bond acceptors (Lipinski definition) is 4. The number of nitrogens with zero attached hydrogens (tertiary/aromatic N) is 2. The molecule has 0 saturated carbocycles. The lowest BCUT2D eigenvalue weighted by molar-refractivity contribution is -0.123. The number of fused-ring (bicyclic) bond motifs is 5. The predicted octanol–water partition coefficient (Wildman–Crippen LogP) is 4.88. The van der Waals surface area contributed by atoms with E-state index in [1.807, 2.05) is 47.5 Å². The Labute approximate surface area is 200 Å². The van der Waals surface area contributed by atoms with Crippen molar-refractivity contribution in [1.29, 1.82) is 0 Å². The molecule has 3 aliphatic heterocycles. The third kappa shape index (κ3) is 2.88. The molecule has 5 nitrogen and oxygen atoms in total. The SMILES string of the molecule is O=C(c1ccccc1)[C@@H]1[C@@H]2C(=O)N(c3ccc(F)c(Cl)c3)C(=O)[C@@H]2[C@H]2c3ccccc3C=CN12. The van der Waals surface area contributed by atoms with E-state index >= 15 is 0 Å². The molecule has 2 fully saturated rings. The maximum absolute atomic E-state index is 13.8. The van der Waals surface area contributed by atoms with E-state index in [4.69, 9.17) is 11.6 Å². The number of imide groups is 1. The van der Waals surface area contributed by atoms with Crippen LogP contribution in [0.4, 0.5) is 10.1 Å². The molecule has 0 spiro atoms. The molecule has 0 N–H and O–H groups in total. The quantitative estimate of drug-likeness (QED) is 0.403. The van der Waals surface area contributed by atoms with Gasteiger partial charge in [-0.15, -0.1) is 0 Å². The standard InChI is InChI=1S/C27H18ClFN2O3/c28-19-14-17(10-11-20(19)29)31-26(33)21-22(27(31)34)24(25(32)16-7-2-1-3-8-16)30-13-12-15-6-4-5-9-18(15)23(21)30/h1-14,21-24H/t21-,22+,23+,24-/m0/s1. The number of carbonyl (C=O) groups is 3. The van der Waals surface area contributed by atoms with Crippen molar-refractivity contribution in [3.05, 3.63) is 107 Å². The maximum atomic E-state index is 13.8. The van der Waals surface area contributed by atoms with Crippen molar-refractivity contribution in [3.63, 3.8) is 0 Å². The fourth-order valence-corrected chi connectivity index (χ4v) is 5.68. The van der Waals surface area contributed by atoms with E-state index < -0.39 is 41.6 Å². The van der Waals surface area contributed by atoms with Gasteiger partial charge in [-0.05, 0) is 35.4 Å². The normalized spacial score (nSPS) is 24.8. The second-order valence-electron chi connectivity index (χ2n) is 8.67. The molecule has 34 heavy (non-hydrogen) atoms. The van der Waals surface area contributed by atoms with Crippen LogP contribution in [0.1, 0.15) is 27.5 Å². The van der Waals surface area contributed by atoms with E-state index in [-0.39, 0.29) is 16.5 Å². The predicted molar refractivity (Wildman–Crippen MR) is 125 cm³/mol. The van der Waals surface area contributed by atoms with Crippen LogP contribution in [0.25, 0.3) is 6.08 Å². The zero-order valence-corrected chi connectivity index (χ0v) is 18.5. The zero-order valence-electron chi connectivity index (χ0n) is 17.8. The smallest absolute Gasteiger partial charge is 0.240 e. The highest BCUT2D eigenvalue weighted by atomic mass is 35.5. The van der Waals surface area contributed by atoms with Gasteiger partial charge in [0.2, 0.25) is 11.8 Å². The van der Waals surface area contributed by atoms with Gasteiger partial charge >= 0.3 is 0 Å². The Hall–Kier alpha value is -3.77. The summed E-state index contributed by atoms with van der Waals surface area (Å²) in [7, 11) is 0. The molecule has 3 aliphatic rings. The number of ketones is 1. The van der Waals surface area contributed by atoms with Gasteiger partial charge in [-0.25, -0.2) is 9.29 Å². The summed E-state index contributed by atoms with van der Waals surface area (Å²) in [5, 5.41) is -0.181. The summed E-state index contributed by atoms with van der Waals surface area (Å²) in [6, 6.07) is 18.9. The minimum Gasteiger partial charge on any atom is -0.358 e. The van der Waals surface area contributed by atoms with Crippen molar-refractivity contribution >= 4 is 41.0 Å². The Morgan fingerprint density at radius 1 is 0.882 bits per heavy atom. The first-order chi connectivity index (χ1) is 16.5. The number of carbonyl (C=O) groups excluding carboxylic acids is 3. The number of halogens is 2. The summed E-state index contributed by atoms with van der Waals surface area (Å²) in [6.07, 6.45) is 3.72. The van der Waals surface area contributed by atoms with Crippen molar-refractivity contribution < 1.29 is 18.8 Å². The van der Waals surface area contributed by atoms with Gasteiger partial charge in [-0.3, -0.25) is 14.4 Å². The fourth-order valence-electron chi connectivity index (χ4n) is 5.51. The largest absolute Gasteiger partial charge is 0.358 e. The Kier molecular flexibility index (Phi) is 4.67. The van der Waals surface area contributed by atoms with Gasteiger partial charge < -0.3 is 4.90 Å². The minimum atomic E-state index is -0.884. The first kappa shape index (κ1) is 20.8. The summed E-state index contributed by atoms with van der Waals surface area (Å²) in [5.41, 5.74) is 2.51. The number of benzene rings is 3. The van der Waals surface area contributed by atoms with Crippen molar-refractivity contribution in [1.82, 2.24) is 4.90 Å². The monoisotopic (exact) mass is 472 g/mol. The Morgan fingerprint density at radius 3 is 2.35 bits per heavy atom. The van der Waals surface area contributed by atoms with Crippen LogP contribution >= 0.6 is 11.6 Å². The molecule has 0 aliphatic carbocycles. The molecule has 2 amide bonds. The lowest BCUT2D eigenvalue weighted by atomic mass is 9.83. The highest BCUT2D eigenvalue weighted by molar-refractivity contribution is 6.31. The van der Waals surface area contributed by atoms with Gasteiger partial charge in [0.15, 0.2) is 5.78 Å². The lowest BCUT2D eigenvalue weighted by Gasteiger charge is -2.35. The van der Waals surface area contributed by atoms with E-state index in [2.05, 4.69) is 0 Å². The van der Waals surface area contributed by atoms with Crippen LogP contribution in [-0.2, 0) is 9.59 Å². The highest BCUT2D eigenvalue weighted by Crippen LogP contribution is 2.53.